The van der Waals surface area contributed by atoms with Gasteiger partial charge in [0.1, 0.15) is 17.7 Å². The number of hydrogen-bond donors (Lipinski definition) is 2. The summed E-state index contributed by atoms with van der Waals surface area (Å²) < 4.78 is 20.0. The van der Waals surface area contributed by atoms with Crippen LogP contribution in [0.4, 0.5) is 10.2 Å². The molecule has 1 unspecified atom stereocenters. The number of nitrogens with zero attached hydrogens (tertiary/aromatic N) is 3. The highest BCUT2D eigenvalue weighted by Gasteiger charge is 2.41. The number of fused-ring (bicyclic) bond motifs is 1. The van der Waals surface area contributed by atoms with E-state index in [2.05, 4.69) is 22.4 Å². The number of hydrogen-bond acceptors (Lipinski definition) is 6. The zero-order valence-electron chi connectivity index (χ0n) is 20.4. The molecule has 35 heavy (non-hydrogen) atoms. The number of aromatic nitrogens is 2. The molecule has 5 rings (SSSR count). The molecule has 2 saturated carbocycles. The van der Waals surface area contributed by atoms with Crippen LogP contribution in [0.25, 0.3) is 0 Å². The number of ether oxygens (including phenoxy) is 1. The van der Waals surface area contributed by atoms with Crippen molar-refractivity contribution in [2.75, 3.05) is 25.5 Å². The topological polar surface area (TPSA) is 87.6 Å². The van der Waals surface area contributed by atoms with Gasteiger partial charge in [0.05, 0.1) is 12.3 Å². The summed E-state index contributed by atoms with van der Waals surface area (Å²) in [5.41, 5.74) is 3.68. The number of carbonyl (C=O) groups is 1. The van der Waals surface area contributed by atoms with Gasteiger partial charge in [0, 0.05) is 42.1 Å². The van der Waals surface area contributed by atoms with Crippen LogP contribution in [-0.2, 0) is 22.4 Å². The molecule has 0 saturated heterocycles. The molecule has 2 fully saturated rings. The molecular formula is C27H35FN4O3. The van der Waals surface area contributed by atoms with Crippen LogP contribution in [-0.4, -0.2) is 58.3 Å². The molecule has 188 valence electrons. The smallest absolute Gasteiger partial charge is 0.325 e. The summed E-state index contributed by atoms with van der Waals surface area (Å²) in [4.78, 5) is 23.0. The Morgan fingerprint density at radius 2 is 2.14 bits per heavy atom. The Labute approximate surface area is 206 Å². The van der Waals surface area contributed by atoms with E-state index < -0.39 is 17.8 Å². The molecule has 2 aromatic heterocycles. The summed E-state index contributed by atoms with van der Waals surface area (Å²) in [5, 5.41) is 13.4. The quantitative estimate of drug-likeness (QED) is 0.457. The SMILES string of the molecule is CN(C1CC(OCCCCc2ccc3c(n2)NCCC3)C1)C(C(=O)O)c1cc(F)cnc1C1CC1. The van der Waals surface area contributed by atoms with Crippen LogP contribution in [0.1, 0.15) is 79.4 Å². The van der Waals surface area contributed by atoms with E-state index in [0.717, 1.165) is 75.1 Å². The lowest BCUT2D eigenvalue weighted by molar-refractivity contribution is -0.146. The largest absolute Gasteiger partial charge is 0.480 e. The lowest BCUT2D eigenvalue weighted by atomic mass is 9.86. The summed E-state index contributed by atoms with van der Waals surface area (Å²) in [5.74, 6) is -0.142. The first-order valence-corrected chi connectivity index (χ1v) is 12.9. The molecule has 2 aromatic rings. The third-order valence-corrected chi connectivity index (χ3v) is 7.59. The fraction of sp³-hybridized carbons (Fsp3) is 0.593. The lowest BCUT2D eigenvalue weighted by Crippen LogP contribution is -2.49. The third kappa shape index (κ3) is 5.64. The molecule has 0 radical (unpaired) electrons. The molecule has 2 N–H and O–H groups in total. The second-order valence-corrected chi connectivity index (χ2v) is 10.2. The molecule has 8 heteroatoms. The van der Waals surface area contributed by atoms with Crippen molar-refractivity contribution in [3.8, 4) is 0 Å². The van der Waals surface area contributed by atoms with Gasteiger partial charge in [0.2, 0.25) is 0 Å². The van der Waals surface area contributed by atoms with Crippen LogP contribution in [0.2, 0.25) is 0 Å². The second kappa shape index (κ2) is 10.6. The summed E-state index contributed by atoms with van der Waals surface area (Å²) in [6, 6.07) is 4.90. The zero-order chi connectivity index (χ0) is 24.4. The highest BCUT2D eigenvalue weighted by atomic mass is 19.1. The van der Waals surface area contributed by atoms with Crippen molar-refractivity contribution >= 4 is 11.8 Å². The molecule has 0 amide bonds. The number of aryl methyl sites for hydroxylation is 2. The first-order chi connectivity index (χ1) is 17.0. The van der Waals surface area contributed by atoms with E-state index in [0.29, 0.717) is 12.2 Å². The Kier molecular flexibility index (Phi) is 7.29. The van der Waals surface area contributed by atoms with Crippen molar-refractivity contribution in [2.24, 2.45) is 0 Å². The van der Waals surface area contributed by atoms with Gasteiger partial charge in [-0.1, -0.05) is 6.07 Å². The predicted octanol–water partition coefficient (Wildman–Crippen LogP) is 4.48. The number of unbranched alkanes of at least 4 members (excludes halogenated alkanes) is 1. The Morgan fingerprint density at radius 3 is 2.91 bits per heavy atom. The number of halogens is 1. The average Bonchev–Trinajstić information content (AvgIpc) is 3.65. The van der Waals surface area contributed by atoms with E-state index >= 15 is 0 Å². The van der Waals surface area contributed by atoms with Crippen molar-refractivity contribution in [3.63, 3.8) is 0 Å². The normalized spacial score (nSPS) is 22.3. The molecule has 1 aliphatic heterocycles. The van der Waals surface area contributed by atoms with E-state index in [1.54, 1.807) is 0 Å². The third-order valence-electron chi connectivity index (χ3n) is 7.59. The number of pyridine rings is 2. The van der Waals surface area contributed by atoms with Crippen LogP contribution in [0.5, 0.6) is 0 Å². The van der Waals surface area contributed by atoms with Gasteiger partial charge >= 0.3 is 5.97 Å². The molecule has 7 nitrogen and oxygen atoms in total. The fourth-order valence-corrected chi connectivity index (χ4v) is 5.29. The van der Waals surface area contributed by atoms with E-state index in [-0.39, 0.29) is 18.1 Å². The molecule has 1 atom stereocenters. The molecule has 3 heterocycles. The highest BCUT2D eigenvalue weighted by Crippen LogP contribution is 2.44. The van der Waals surface area contributed by atoms with Crippen LogP contribution >= 0.6 is 0 Å². The number of carboxylic acid groups (broad SMARTS) is 1. The van der Waals surface area contributed by atoms with Crippen LogP contribution in [0.3, 0.4) is 0 Å². The number of rotatable bonds is 11. The maximum absolute atomic E-state index is 14.0. The molecular weight excluding hydrogens is 447 g/mol. The van der Waals surface area contributed by atoms with Crippen LogP contribution < -0.4 is 5.32 Å². The number of aliphatic carboxylic acids is 1. The van der Waals surface area contributed by atoms with Crippen molar-refractivity contribution in [3.05, 3.63) is 52.7 Å². The van der Waals surface area contributed by atoms with Gasteiger partial charge in [-0.3, -0.25) is 14.7 Å². The van der Waals surface area contributed by atoms with Gasteiger partial charge in [-0.25, -0.2) is 9.37 Å². The van der Waals surface area contributed by atoms with Gasteiger partial charge in [-0.15, -0.1) is 0 Å². The monoisotopic (exact) mass is 482 g/mol. The molecule has 0 aromatic carbocycles. The van der Waals surface area contributed by atoms with Crippen molar-refractivity contribution in [1.29, 1.82) is 0 Å². The number of nitrogens with one attached hydrogen (secondary N) is 1. The average molecular weight is 483 g/mol. The molecule has 0 spiro atoms. The van der Waals surface area contributed by atoms with Crippen LogP contribution in [0.15, 0.2) is 24.4 Å². The molecule has 0 bridgehead atoms. The maximum Gasteiger partial charge on any atom is 0.325 e. The Morgan fingerprint density at radius 1 is 1.31 bits per heavy atom. The van der Waals surface area contributed by atoms with E-state index in [1.807, 2.05) is 11.9 Å². The number of carboxylic acids is 1. The van der Waals surface area contributed by atoms with Gasteiger partial charge in [-0.05, 0) is 82.5 Å². The minimum atomic E-state index is -0.961. The second-order valence-electron chi connectivity index (χ2n) is 10.2. The summed E-state index contributed by atoms with van der Waals surface area (Å²) in [6.07, 6.45) is 10.1. The Hall–Kier alpha value is -2.58. The predicted molar refractivity (Wildman–Crippen MR) is 131 cm³/mol. The lowest BCUT2D eigenvalue weighted by Gasteiger charge is -2.43. The first-order valence-electron chi connectivity index (χ1n) is 12.9. The van der Waals surface area contributed by atoms with Gasteiger partial charge in [0.15, 0.2) is 0 Å². The van der Waals surface area contributed by atoms with Gasteiger partial charge < -0.3 is 15.2 Å². The zero-order valence-corrected chi connectivity index (χ0v) is 20.4. The minimum absolute atomic E-state index is 0.101. The van der Waals surface area contributed by atoms with Crippen LogP contribution in [0, 0.1) is 5.82 Å². The van der Waals surface area contributed by atoms with E-state index in [4.69, 9.17) is 9.72 Å². The summed E-state index contributed by atoms with van der Waals surface area (Å²) >= 11 is 0. The van der Waals surface area contributed by atoms with E-state index in [1.165, 1.54) is 24.2 Å². The Balaban J connectivity index is 1.07. The maximum atomic E-state index is 14.0. The fourth-order valence-electron chi connectivity index (χ4n) is 5.29. The highest BCUT2D eigenvalue weighted by molar-refractivity contribution is 5.76. The molecule has 3 aliphatic rings. The standard InChI is InChI=1S/C27H35FN4O3/c1-32(25(27(33)34)23-13-19(28)16-30-24(23)17-7-8-17)21-14-22(15-21)35-12-3-2-6-20-10-9-18-5-4-11-29-26(18)31-20/h9-10,13,16-17,21-22,25H,2-8,11-12,14-15H2,1H3,(H,29,31)(H,33,34). The van der Waals surface area contributed by atoms with Crippen molar-refractivity contribution in [1.82, 2.24) is 14.9 Å². The summed E-state index contributed by atoms with van der Waals surface area (Å²) in [7, 11) is 1.82. The van der Waals surface area contributed by atoms with Gasteiger partial charge in [0.25, 0.3) is 0 Å². The number of anilines is 1. The number of likely N-dealkylation sites (N-methyl/N-ethyl adjacent to an activating group) is 1. The Bertz CT molecular complexity index is 1050. The van der Waals surface area contributed by atoms with Crippen molar-refractivity contribution < 1.29 is 19.0 Å². The minimum Gasteiger partial charge on any atom is -0.480 e. The first kappa shape index (κ1) is 24.1. The van der Waals surface area contributed by atoms with E-state index in [9.17, 15) is 14.3 Å². The molecule has 2 aliphatic carbocycles. The van der Waals surface area contributed by atoms with Crippen molar-refractivity contribution in [2.45, 2.75) is 81.9 Å². The van der Waals surface area contributed by atoms with Gasteiger partial charge in [-0.2, -0.15) is 0 Å². The summed E-state index contributed by atoms with van der Waals surface area (Å²) in [6.45, 7) is 1.70.